The Morgan fingerprint density at radius 3 is 2.71 bits per heavy atom. The van der Waals surface area contributed by atoms with E-state index in [-0.39, 0.29) is 12.5 Å². The van der Waals surface area contributed by atoms with Crippen molar-refractivity contribution in [2.45, 2.75) is 25.8 Å². The molecule has 0 aromatic carbocycles. The van der Waals surface area contributed by atoms with Crippen LogP contribution in [0.15, 0.2) is 12.7 Å². The normalized spacial score (nSPS) is 19.2. The van der Waals surface area contributed by atoms with Crippen LogP contribution in [0.5, 0.6) is 0 Å². The van der Waals surface area contributed by atoms with E-state index in [1.54, 1.807) is 13.0 Å². The van der Waals surface area contributed by atoms with Crippen molar-refractivity contribution in [2.24, 2.45) is 0 Å². The Labute approximate surface area is 81.8 Å². The maximum Gasteiger partial charge on any atom is 0.331 e. The number of hydrogen-bond acceptors (Lipinski definition) is 3. The lowest BCUT2D eigenvalue weighted by molar-refractivity contribution is -0.137. The summed E-state index contributed by atoms with van der Waals surface area (Å²) in [5.74, 6) is -0.991. The third-order valence-electron chi connectivity index (χ3n) is 1.99. The lowest BCUT2D eigenvalue weighted by atomic mass is 10.1. The number of barbiturate groups is 1. The fourth-order valence-corrected chi connectivity index (χ4v) is 1.35. The first-order chi connectivity index (χ1) is 6.56. The number of carbonyl (C=O) groups excluding carboxylic acids is 3. The molecule has 0 radical (unpaired) electrons. The molecule has 0 saturated carbocycles. The van der Waals surface area contributed by atoms with Gasteiger partial charge in [0, 0.05) is 6.04 Å². The third kappa shape index (κ3) is 1.99. The summed E-state index contributed by atoms with van der Waals surface area (Å²) in [7, 11) is 0. The van der Waals surface area contributed by atoms with Crippen molar-refractivity contribution in [3.05, 3.63) is 12.7 Å². The molecule has 4 amide bonds. The molecule has 1 atom stereocenters. The standard InChI is InChI=1S/C9H12N2O3/c1-3-4-6(2)11-8(13)5-7(12)10-9(11)14/h3,6H,1,4-5H2,2H3,(H,10,12,14). The van der Waals surface area contributed by atoms with Gasteiger partial charge in [-0.1, -0.05) is 6.08 Å². The van der Waals surface area contributed by atoms with Crippen LogP contribution in [-0.4, -0.2) is 28.8 Å². The first-order valence-corrected chi connectivity index (χ1v) is 4.33. The Balaban J connectivity index is 2.76. The average Bonchev–Trinajstić information content (AvgIpc) is 2.01. The average molecular weight is 196 g/mol. The van der Waals surface area contributed by atoms with Crippen LogP contribution in [0.3, 0.4) is 0 Å². The summed E-state index contributed by atoms with van der Waals surface area (Å²) in [4.78, 5) is 34.5. The van der Waals surface area contributed by atoms with Crippen LogP contribution in [0.4, 0.5) is 4.79 Å². The van der Waals surface area contributed by atoms with Crippen molar-refractivity contribution in [1.82, 2.24) is 10.2 Å². The van der Waals surface area contributed by atoms with E-state index < -0.39 is 17.8 Å². The van der Waals surface area contributed by atoms with Crippen LogP contribution in [0.25, 0.3) is 0 Å². The van der Waals surface area contributed by atoms with E-state index in [9.17, 15) is 14.4 Å². The van der Waals surface area contributed by atoms with Gasteiger partial charge in [-0.15, -0.1) is 6.58 Å². The maximum atomic E-state index is 11.3. The Hall–Kier alpha value is -1.65. The number of carbonyl (C=O) groups is 3. The minimum atomic E-state index is -0.638. The summed E-state index contributed by atoms with van der Waals surface area (Å²) in [6, 6.07) is -0.895. The second-order valence-corrected chi connectivity index (χ2v) is 3.17. The van der Waals surface area contributed by atoms with Crippen LogP contribution >= 0.6 is 0 Å². The molecule has 1 fully saturated rings. The summed E-state index contributed by atoms with van der Waals surface area (Å²) < 4.78 is 0. The van der Waals surface area contributed by atoms with E-state index >= 15 is 0 Å². The van der Waals surface area contributed by atoms with Crippen LogP contribution < -0.4 is 5.32 Å². The van der Waals surface area contributed by atoms with Gasteiger partial charge in [0.15, 0.2) is 0 Å². The van der Waals surface area contributed by atoms with Gasteiger partial charge < -0.3 is 0 Å². The highest BCUT2D eigenvalue weighted by Gasteiger charge is 2.33. The van der Waals surface area contributed by atoms with Crippen molar-refractivity contribution < 1.29 is 14.4 Å². The zero-order valence-electron chi connectivity index (χ0n) is 7.95. The first-order valence-electron chi connectivity index (χ1n) is 4.33. The van der Waals surface area contributed by atoms with E-state index in [4.69, 9.17) is 0 Å². The topological polar surface area (TPSA) is 66.5 Å². The molecule has 1 rings (SSSR count). The second-order valence-electron chi connectivity index (χ2n) is 3.17. The molecule has 76 valence electrons. The molecular formula is C9H12N2O3. The Morgan fingerprint density at radius 2 is 2.21 bits per heavy atom. The van der Waals surface area contributed by atoms with Gasteiger partial charge in [0.2, 0.25) is 11.8 Å². The fraction of sp³-hybridized carbons (Fsp3) is 0.444. The van der Waals surface area contributed by atoms with Crippen LogP contribution in [0.2, 0.25) is 0 Å². The largest absolute Gasteiger partial charge is 0.331 e. The molecule has 1 aliphatic rings. The third-order valence-corrected chi connectivity index (χ3v) is 1.99. The molecule has 1 heterocycles. The summed E-state index contributed by atoms with van der Waals surface area (Å²) >= 11 is 0. The molecule has 5 heteroatoms. The van der Waals surface area contributed by atoms with Gasteiger partial charge >= 0.3 is 6.03 Å². The SMILES string of the molecule is C=CCC(C)N1C(=O)CC(=O)NC1=O. The van der Waals surface area contributed by atoms with Crippen molar-refractivity contribution >= 4 is 17.8 Å². The number of imide groups is 2. The molecule has 1 N–H and O–H groups in total. The van der Waals surface area contributed by atoms with Gasteiger partial charge in [-0.05, 0) is 13.3 Å². The van der Waals surface area contributed by atoms with E-state index in [1.807, 2.05) is 0 Å². The second kappa shape index (κ2) is 4.04. The van der Waals surface area contributed by atoms with Gasteiger partial charge in [-0.2, -0.15) is 0 Å². The zero-order chi connectivity index (χ0) is 10.7. The number of nitrogens with zero attached hydrogens (tertiary/aromatic N) is 1. The highest BCUT2D eigenvalue weighted by molar-refractivity contribution is 6.14. The maximum absolute atomic E-state index is 11.3. The molecule has 0 aromatic heterocycles. The van der Waals surface area contributed by atoms with E-state index in [0.717, 1.165) is 4.90 Å². The van der Waals surface area contributed by atoms with Gasteiger partial charge in [-0.25, -0.2) is 4.79 Å². The molecule has 0 bridgehead atoms. The van der Waals surface area contributed by atoms with Crippen molar-refractivity contribution in [3.8, 4) is 0 Å². The summed E-state index contributed by atoms with van der Waals surface area (Å²) in [5, 5.41) is 2.09. The monoisotopic (exact) mass is 196 g/mol. The highest BCUT2D eigenvalue weighted by atomic mass is 16.2. The molecule has 1 unspecified atom stereocenters. The summed E-state index contributed by atoms with van der Waals surface area (Å²) in [6.45, 7) is 5.26. The predicted molar refractivity (Wildman–Crippen MR) is 49.3 cm³/mol. The number of amides is 4. The van der Waals surface area contributed by atoms with Crippen LogP contribution in [0.1, 0.15) is 19.8 Å². The predicted octanol–water partition coefficient (Wildman–Crippen LogP) is 0.420. The van der Waals surface area contributed by atoms with Crippen LogP contribution in [-0.2, 0) is 9.59 Å². The Morgan fingerprint density at radius 1 is 1.57 bits per heavy atom. The molecular weight excluding hydrogens is 184 g/mol. The van der Waals surface area contributed by atoms with Crippen molar-refractivity contribution in [3.63, 3.8) is 0 Å². The van der Waals surface area contributed by atoms with Gasteiger partial charge in [-0.3, -0.25) is 19.8 Å². The zero-order valence-corrected chi connectivity index (χ0v) is 7.95. The summed E-state index contributed by atoms with van der Waals surface area (Å²) in [5.41, 5.74) is 0. The minimum absolute atomic E-state index is 0.256. The molecule has 14 heavy (non-hydrogen) atoms. The van der Waals surface area contributed by atoms with Gasteiger partial charge in [0.25, 0.3) is 0 Å². The van der Waals surface area contributed by atoms with Crippen LogP contribution in [0, 0.1) is 0 Å². The van der Waals surface area contributed by atoms with E-state index in [0.29, 0.717) is 6.42 Å². The van der Waals surface area contributed by atoms with Crippen molar-refractivity contribution in [1.29, 1.82) is 0 Å². The lowest BCUT2D eigenvalue weighted by Crippen LogP contribution is -2.55. The minimum Gasteiger partial charge on any atom is -0.277 e. The van der Waals surface area contributed by atoms with Gasteiger partial charge in [0.1, 0.15) is 6.42 Å². The smallest absolute Gasteiger partial charge is 0.277 e. The Bertz CT molecular complexity index is 278. The molecule has 5 nitrogen and oxygen atoms in total. The fourth-order valence-electron chi connectivity index (χ4n) is 1.35. The Kier molecular flexibility index (Phi) is 3.01. The molecule has 0 aromatic rings. The first kappa shape index (κ1) is 10.4. The van der Waals surface area contributed by atoms with Gasteiger partial charge in [0.05, 0.1) is 0 Å². The molecule has 0 aliphatic carbocycles. The van der Waals surface area contributed by atoms with E-state index in [1.165, 1.54) is 0 Å². The summed E-state index contributed by atoms with van der Waals surface area (Å²) in [6.07, 6.45) is 1.89. The number of rotatable bonds is 3. The number of urea groups is 1. The van der Waals surface area contributed by atoms with Crippen molar-refractivity contribution in [2.75, 3.05) is 0 Å². The quantitative estimate of drug-likeness (QED) is 0.525. The molecule has 0 spiro atoms. The molecule has 1 aliphatic heterocycles. The number of hydrogen-bond donors (Lipinski definition) is 1. The lowest BCUT2D eigenvalue weighted by Gasteiger charge is -2.29. The highest BCUT2D eigenvalue weighted by Crippen LogP contribution is 2.10. The van der Waals surface area contributed by atoms with E-state index in [2.05, 4.69) is 11.9 Å². The number of nitrogens with one attached hydrogen (secondary N) is 1. The molecule has 1 saturated heterocycles.